The number of hydrogen-bond acceptors (Lipinski definition) is 8. The van der Waals surface area contributed by atoms with Gasteiger partial charge in [-0.25, -0.2) is 14.4 Å². The summed E-state index contributed by atoms with van der Waals surface area (Å²) >= 11 is 6.49. The molecular formula is C28H29ClN2O8. The van der Waals surface area contributed by atoms with Gasteiger partial charge < -0.3 is 30.0 Å². The Balaban J connectivity index is 1.83. The van der Waals surface area contributed by atoms with Crippen molar-refractivity contribution in [3.8, 4) is 0 Å². The zero-order valence-corrected chi connectivity index (χ0v) is 22.5. The van der Waals surface area contributed by atoms with E-state index in [9.17, 15) is 24.3 Å². The summed E-state index contributed by atoms with van der Waals surface area (Å²) in [6, 6.07) is 12.7. The summed E-state index contributed by atoms with van der Waals surface area (Å²) in [5, 5.41) is 15.3. The van der Waals surface area contributed by atoms with Crippen LogP contribution in [0.1, 0.15) is 46.0 Å². The van der Waals surface area contributed by atoms with Crippen LogP contribution in [0.3, 0.4) is 0 Å². The van der Waals surface area contributed by atoms with Crippen LogP contribution in [-0.4, -0.2) is 62.4 Å². The Kier molecular flexibility index (Phi) is 10.2. The van der Waals surface area contributed by atoms with Crippen molar-refractivity contribution >= 4 is 35.4 Å². The number of hydrogen-bond donors (Lipinski definition) is 3. The van der Waals surface area contributed by atoms with Crippen molar-refractivity contribution in [1.82, 2.24) is 10.6 Å². The van der Waals surface area contributed by atoms with Gasteiger partial charge in [-0.1, -0.05) is 41.9 Å². The summed E-state index contributed by atoms with van der Waals surface area (Å²) in [4.78, 5) is 49.8. The van der Waals surface area contributed by atoms with E-state index in [-0.39, 0.29) is 48.6 Å². The highest BCUT2D eigenvalue weighted by Crippen LogP contribution is 2.41. The summed E-state index contributed by atoms with van der Waals surface area (Å²) in [7, 11) is 1.25. The van der Waals surface area contributed by atoms with Gasteiger partial charge in [0.05, 0.1) is 60.8 Å². The Morgan fingerprint density at radius 2 is 1.67 bits per heavy atom. The van der Waals surface area contributed by atoms with Crippen LogP contribution in [0.4, 0.5) is 0 Å². The van der Waals surface area contributed by atoms with Crippen molar-refractivity contribution in [2.75, 3.05) is 33.5 Å². The first kappa shape index (κ1) is 29.4. The van der Waals surface area contributed by atoms with Crippen molar-refractivity contribution in [3.63, 3.8) is 0 Å². The molecule has 0 saturated heterocycles. The van der Waals surface area contributed by atoms with E-state index in [0.717, 1.165) is 0 Å². The van der Waals surface area contributed by atoms with Crippen molar-refractivity contribution in [2.45, 2.75) is 19.8 Å². The minimum Gasteiger partial charge on any atom is -0.478 e. The highest BCUT2D eigenvalue weighted by molar-refractivity contribution is 6.31. The standard InChI is InChI=1S/C28H29ClN2O8/c1-4-39-28(36)24-21(15-38-14-13-30-25(32)17-9-5-6-10-18(17)26(33)34)31-16(2)22(27(35)37-3)23(24)19-11-7-8-12-20(19)29/h5-12,23,31H,4,13-15H2,1-3H3,(H,30,32)(H,33,34)/t23-/m1/s1. The smallest absolute Gasteiger partial charge is 0.336 e. The van der Waals surface area contributed by atoms with Gasteiger partial charge in [0.15, 0.2) is 0 Å². The van der Waals surface area contributed by atoms with Crippen molar-refractivity contribution in [1.29, 1.82) is 0 Å². The number of nitrogens with one attached hydrogen (secondary N) is 2. The molecule has 0 radical (unpaired) electrons. The summed E-state index contributed by atoms with van der Waals surface area (Å²) in [5.41, 5.74) is 1.62. The molecule has 0 saturated carbocycles. The number of benzene rings is 2. The molecule has 1 aliphatic heterocycles. The number of carbonyl (C=O) groups excluding carboxylic acids is 3. The molecule has 10 nitrogen and oxygen atoms in total. The minimum atomic E-state index is -1.21. The number of carbonyl (C=O) groups is 4. The van der Waals surface area contributed by atoms with Crippen molar-refractivity contribution in [3.05, 3.63) is 92.8 Å². The molecule has 1 heterocycles. The van der Waals surface area contributed by atoms with Gasteiger partial charge in [0.1, 0.15) is 0 Å². The van der Waals surface area contributed by atoms with Gasteiger partial charge in [0, 0.05) is 17.3 Å². The highest BCUT2D eigenvalue weighted by Gasteiger charge is 2.39. The van der Waals surface area contributed by atoms with Crippen molar-refractivity contribution in [2.24, 2.45) is 0 Å². The Bertz CT molecular complexity index is 1330. The fourth-order valence-corrected chi connectivity index (χ4v) is 4.48. The van der Waals surface area contributed by atoms with Crippen molar-refractivity contribution < 1.29 is 38.5 Å². The van der Waals surface area contributed by atoms with Crippen LogP contribution in [0.2, 0.25) is 5.02 Å². The van der Waals surface area contributed by atoms with Crippen LogP contribution in [-0.2, 0) is 23.8 Å². The van der Waals surface area contributed by atoms with Gasteiger partial charge >= 0.3 is 17.9 Å². The van der Waals surface area contributed by atoms with Gasteiger partial charge in [-0.2, -0.15) is 0 Å². The molecule has 0 unspecified atom stereocenters. The molecule has 206 valence electrons. The maximum Gasteiger partial charge on any atom is 0.336 e. The fourth-order valence-electron chi connectivity index (χ4n) is 4.23. The molecule has 3 rings (SSSR count). The van der Waals surface area contributed by atoms with Gasteiger partial charge in [0.2, 0.25) is 0 Å². The Hall–Kier alpha value is -4.15. The molecule has 0 aromatic heterocycles. The van der Waals surface area contributed by atoms with E-state index in [0.29, 0.717) is 22.0 Å². The largest absolute Gasteiger partial charge is 0.478 e. The molecule has 2 aromatic rings. The molecule has 0 fully saturated rings. The Morgan fingerprint density at radius 3 is 2.31 bits per heavy atom. The lowest BCUT2D eigenvalue weighted by molar-refractivity contribution is -0.139. The monoisotopic (exact) mass is 556 g/mol. The highest BCUT2D eigenvalue weighted by atomic mass is 35.5. The first-order valence-electron chi connectivity index (χ1n) is 12.1. The molecule has 11 heteroatoms. The molecule has 0 aliphatic carbocycles. The van der Waals surface area contributed by atoms with Crippen LogP contribution >= 0.6 is 11.6 Å². The number of esters is 2. The van der Waals surface area contributed by atoms with E-state index in [4.69, 9.17) is 25.8 Å². The summed E-state index contributed by atoms with van der Waals surface area (Å²) in [5.74, 6) is -3.92. The molecule has 1 amide bonds. The lowest BCUT2D eigenvalue weighted by atomic mass is 9.80. The second-order valence-corrected chi connectivity index (χ2v) is 8.79. The van der Waals surface area contributed by atoms with E-state index in [1.165, 1.54) is 25.3 Å². The van der Waals surface area contributed by atoms with Crippen LogP contribution in [0.25, 0.3) is 0 Å². The van der Waals surface area contributed by atoms with Crippen LogP contribution in [0.5, 0.6) is 0 Å². The molecule has 2 aromatic carbocycles. The first-order valence-corrected chi connectivity index (χ1v) is 12.5. The van der Waals surface area contributed by atoms with E-state index < -0.39 is 29.7 Å². The number of amides is 1. The van der Waals surface area contributed by atoms with Gasteiger partial charge in [-0.05, 0) is 37.6 Å². The maximum absolute atomic E-state index is 13.2. The van der Waals surface area contributed by atoms with Gasteiger partial charge in [-0.3, -0.25) is 4.79 Å². The van der Waals surface area contributed by atoms with E-state index in [2.05, 4.69) is 10.6 Å². The van der Waals surface area contributed by atoms with Crippen LogP contribution in [0.15, 0.2) is 71.1 Å². The molecular weight excluding hydrogens is 528 g/mol. The van der Waals surface area contributed by atoms with Crippen LogP contribution < -0.4 is 10.6 Å². The third-order valence-corrected chi connectivity index (χ3v) is 6.29. The number of rotatable bonds is 11. The second kappa shape index (κ2) is 13.6. The number of dihydropyridines is 1. The molecule has 0 bridgehead atoms. The third-order valence-electron chi connectivity index (χ3n) is 5.94. The molecule has 0 spiro atoms. The maximum atomic E-state index is 13.2. The fraction of sp³-hybridized carbons (Fsp3) is 0.286. The quantitative estimate of drug-likeness (QED) is 0.280. The topological polar surface area (TPSA) is 140 Å². The summed E-state index contributed by atoms with van der Waals surface area (Å²) in [6.45, 7) is 3.49. The third kappa shape index (κ3) is 6.84. The summed E-state index contributed by atoms with van der Waals surface area (Å²) in [6.07, 6.45) is 0. The van der Waals surface area contributed by atoms with Crippen LogP contribution in [0, 0.1) is 0 Å². The Labute approximate surface area is 230 Å². The zero-order chi connectivity index (χ0) is 28.5. The normalized spacial score (nSPS) is 14.9. The SMILES string of the molecule is CCOC(=O)C1=C(COCCNC(=O)c2ccccc2C(=O)O)NC(C)=C(C(=O)OC)[C@H]1c1ccccc1Cl. The minimum absolute atomic E-state index is 0.0323. The van der Waals surface area contributed by atoms with Gasteiger partial charge in [0.25, 0.3) is 5.91 Å². The predicted molar refractivity (Wildman–Crippen MR) is 142 cm³/mol. The molecule has 1 atom stereocenters. The van der Waals surface area contributed by atoms with E-state index in [1.54, 1.807) is 44.2 Å². The predicted octanol–water partition coefficient (Wildman–Crippen LogP) is 3.44. The number of halogens is 1. The Morgan fingerprint density at radius 1 is 1.00 bits per heavy atom. The second-order valence-electron chi connectivity index (χ2n) is 8.38. The molecule has 39 heavy (non-hydrogen) atoms. The average Bonchev–Trinajstić information content (AvgIpc) is 2.92. The number of allylic oxidation sites excluding steroid dienone is 1. The number of carboxylic acid groups (broad SMARTS) is 1. The zero-order valence-electron chi connectivity index (χ0n) is 21.7. The first-order chi connectivity index (χ1) is 18.7. The lowest BCUT2D eigenvalue weighted by Crippen LogP contribution is -2.35. The number of carboxylic acids is 1. The molecule has 1 aliphatic rings. The number of aromatic carboxylic acids is 1. The lowest BCUT2D eigenvalue weighted by Gasteiger charge is -2.31. The average molecular weight is 557 g/mol. The van der Waals surface area contributed by atoms with E-state index in [1.807, 2.05) is 0 Å². The summed E-state index contributed by atoms with van der Waals surface area (Å²) < 4.78 is 16.1. The number of ether oxygens (including phenoxy) is 3. The van der Waals surface area contributed by atoms with E-state index >= 15 is 0 Å². The van der Waals surface area contributed by atoms with Gasteiger partial charge in [-0.15, -0.1) is 0 Å². The number of methoxy groups -OCH3 is 1. The molecule has 3 N–H and O–H groups in total.